The first-order valence-corrected chi connectivity index (χ1v) is 6.37. The summed E-state index contributed by atoms with van der Waals surface area (Å²) in [4.78, 5) is 8.52. The van der Waals surface area contributed by atoms with Crippen LogP contribution in [0.3, 0.4) is 0 Å². The summed E-state index contributed by atoms with van der Waals surface area (Å²) in [6.45, 7) is 7.30. The molecule has 2 unspecified atom stereocenters. The van der Waals surface area contributed by atoms with Crippen LogP contribution in [0.1, 0.15) is 45.2 Å². The summed E-state index contributed by atoms with van der Waals surface area (Å²) in [5.74, 6) is 1.32. The Morgan fingerprint density at radius 1 is 1.35 bits per heavy atom. The molecular weight excluding hydrogens is 214 g/mol. The molecule has 1 aliphatic heterocycles. The van der Waals surface area contributed by atoms with E-state index in [1.54, 1.807) is 6.33 Å². The smallest absolute Gasteiger partial charge is 0.129 e. The van der Waals surface area contributed by atoms with Gasteiger partial charge in [0, 0.05) is 18.4 Å². The minimum Gasteiger partial charge on any atom is -0.376 e. The molecule has 1 N–H and O–H groups in total. The Hall–Kier alpha value is -1.16. The monoisotopic (exact) mass is 235 g/mol. The lowest BCUT2D eigenvalue weighted by atomic mass is 10.1. The van der Waals surface area contributed by atoms with Gasteiger partial charge in [0.25, 0.3) is 0 Å². The number of nitrogens with one attached hydrogen (secondary N) is 1. The van der Waals surface area contributed by atoms with E-state index in [-0.39, 0.29) is 0 Å². The first kappa shape index (κ1) is 12.3. The lowest BCUT2D eigenvalue weighted by Gasteiger charge is -2.20. The van der Waals surface area contributed by atoms with E-state index in [0.717, 1.165) is 31.0 Å². The van der Waals surface area contributed by atoms with Crippen molar-refractivity contribution in [1.82, 2.24) is 9.97 Å². The summed E-state index contributed by atoms with van der Waals surface area (Å²) in [5.41, 5.74) is 1.07. The van der Waals surface area contributed by atoms with Crippen LogP contribution in [0.5, 0.6) is 0 Å². The predicted octanol–water partition coefficient (Wildman–Crippen LogP) is 2.58. The van der Waals surface area contributed by atoms with Crippen molar-refractivity contribution < 1.29 is 4.74 Å². The molecule has 17 heavy (non-hydrogen) atoms. The van der Waals surface area contributed by atoms with Crippen LogP contribution >= 0.6 is 0 Å². The average Bonchev–Trinajstić information content (AvgIpc) is 2.82. The molecule has 2 atom stereocenters. The normalized spacial score (nSPS) is 21.8. The Labute approximate surface area is 103 Å². The maximum atomic E-state index is 5.66. The van der Waals surface area contributed by atoms with Crippen molar-refractivity contribution in [3.63, 3.8) is 0 Å². The van der Waals surface area contributed by atoms with Crippen molar-refractivity contribution in [3.05, 3.63) is 18.1 Å². The molecule has 0 radical (unpaired) electrons. The van der Waals surface area contributed by atoms with Gasteiger partial charge in [-0.15, -0.1) is 0 Å². The molecule has 0 aromatic carbocycles. The van der Waals surface area contributed by atoms with Crippen molar-refractivity contribution >= 4 is 5.82 Å². The Bertz CT molecular complexity index is 361. The van der Waals surface area contributed by atoms with E-state index < -0.39 is 0 Å². The number of hydrogen-bond acceptors (Lipinski definition) is 4. The number of hydrogen-bond donors (Lipinski definition) is 1. The van der Waals surface area contributed by atoms with Crippen LogP contribution in [-0.4, -0.2) is 28.7 Å². The van der Waals surface area contributed by atoms with Crippen LogP contribution in [0, 0.1) is 0 Å². The van der Waals surface area contributed by atoms with Gasteiger partial charge in [0.2, 0.25) is 0 Å². The van der Waals surface area contributed by atoms with Gasteiger partial charge in [-0.3, -0.25) is 0 Å². The van der Waals surface area contributed by atoms with E-state index in [4.69, 9.17) is 4.74 Å². The van der Waals surface area contributed by atoms with Gasteiger partial charge in [-0.05, 0) is 25.7 Å². The van der Waals surface area contributed by atoms with Crippen LogP contribution in [-0.2, 0) is 4.74 Å². The molecule has 0 bridgehead atoms. The maximum Gasteiger partial charge on any atom is 0.129 e. The molecule has 1 fully saturated rings. The lowest BCUT2D eigenvalue weighted by Crippen LogP contribution is -2.30. The van der Waals surface area contributed by atoms with E-state index in [1.807, 2.05) is 6.07 Å². The number of aromatic nitrogens is 2. The minimum absolute atomic E-state index is 0.299. The minimum atomic E-state index is 0.299. The molecule has 1 aromatic heterocycles. The SMILES string of the molecule is CC(C)c1cc(NC(C)C2CCCO2)ncn1. The summed E-state index contributed by atoms with van der Waals surface area (Å²) >= 11 is 0. The zero-order chi connectivity index (χ0) is 12.3. The second kappa shape index (κ2) is 5.45. The predicted molar refractivity (Wildman–Crippen MR) is 68.2 cm³/mol. The van der Waals surface area contributed by atoms with E-state index in [9.17, 15) is 0 Å². The quantitative estimate of drug-likeness (QED) is 0.871. The fourth-order valence-electron chi connectivity index (χ4n) is 2.09. The molecule has 1 saturated heterocycles. The molecule has 2 rings (SSSR count). The highest BCUT2D eigenvalue weighted by atomic mass is 16.5. The number of ether oxygens (including phenoxy) is 1. The molecule has 4 nitrogen and oxygen atoms in total. The highest BCUT2D eigenvalue weighted by Crippen LogP contribution is 2.19. The number of rotatable bonds is 4. The Kier molecular flexibility index (Phi) is 3.94. The molecular formula is C13H21N3O. The van der Waals surface area contributed by atoms with Gasteiger partial charge in [-0.1, -0.05) is 13.8 Å². The third-order valence-electron chi connectivity index (χ3n) is 3.18. The van der Waals surface area contributed by atoms with Crippen molar-refractivity contribution in [1.29, 1.82) is 0 Å². The Balaban J connectivity index is 1.99. The largest absolute Gasteiger partial charge is 0.376 e. The molecule has 0 spiro atoms. The standard InChI is InChI=1S/C13H21N3O/c1-9(2)11-7-13(15-8-14-11)16-10(3)12-5-4-6-17-12/h7-10,12H,4-6H2,1-3H3,(H,14,15,16). The van der Waals surface area contributed by atoms with Crippen LogP contribution in [0.15, 0.2) is 12.4 Å². The summed E-state index contributed by atoms with van der Waals surface area (Å²) in [6, 6.07) is 2.32. The van der Waals surface area contributed by atoms with Crippen LogP contribution < -0.4 is 5.32 Å². The van der Waals surface area contributed by atoms with E-state index in [2.05, 4.69) is 36.1 Å². The van der Waals surface area contributed by atoms with E-state index in [0.29, 0.717) is 18.1 Å². The van der Waals surface area contributed by atoms with Crippen LogP contribution in [0.4, 0.5) is 5.82 Å². The number of anilines is 1. The van der Waals surface area contributed by atoms with Crippen molar-refractivity contribution in [2.45, 2.75) is 51.7 Å². The third-order valence-corrected chi connectivity index (χ3v) is 3.18. The summed E-state index contributed by atoms with van der Waals surface area (Å²) in [6.07, 6.45) is 4.24. The molecule has 0 saturated carbocycles. The summed E-state index contributed by atoms with van der Waals surface area (Å²) in [7, 11) is 0. The second-order valence-electron chi connectivity index (χ2n) is 4.97. The van der Waals surface area contributed by atoms with Gasteiger partial charge in [0.15, 0.2) is 0 Å². The summed E-state index contributed by atoms with van der Waals surface area (Å²) in [5, 5.41) is 3.40. The highest BCUT2D eigenvalue weighted by Gasteiger charge is 2.22. The van der Waals surface area contributed by atoms with Gasteiger partial charge in [0.1, 0.15) is 12.1 Å². The molecule has 2 heterocycles. The maximum absolute atomic E-state index is 5.66. The molecule has 1 aliphatic rings. The average molecular weight is 235 g/mol. The fraction of sp³-hybridized carbons (Fsp3) is 0.692. The van der Waals surface area contributed by atoms with Gasteiger partial charge in [0.05, 0.1) is 12.1 Å². The van der Waals surface area contributed by atoms with Crippen LogP contribution in [0.2, 0.25) is 0 Å². The first-order chi connectivity index (χ1) is 8.16. The van der Waals surface area contributed by atoms with Gasteiger partial charge in [-0.2, -0.15) is 0 Å². The van der Waals surface area contributed by atoms with Crippen molar-refractivity contribution in [2.24, 2.45) is 0 Å². The van der Waals surface area contributed by atoms with Gasteiger partial charge < -0.3 is 10.1 Å². The molecule has 4 heteroatoms. The van der Waals surface area contributed by atoms with Gasteiger partial charge >= 0.3 is 0 Å². The fourth-order valence-corrected chi connectivity index (χ4v) is 2.09. The molecule has 0 amide bonds. The lowest BCUT2D eigenvalue weighted by molar-refractivity contribution is 0.0995. The first-order valence-electron chi connectivity index (χ1n) is 6.37. The van der Waals surface area contributed by atoms with Gasteiger partial charge in [-0.25, -0.2) is 9.97 Å². The topological polar surface area (TPSA) is 47.0 Å². The van der Waals surface area contributed by atoms with Crippen molar-refractivity contribution in [3.8, 4) is 0 Å². The zero-order valence-corrected chi connectivity index (χ0v) is 10.8. The van der Waals surface area contributed by atoms with Crippen molar-refractivity contribution in [2.75, 3.05) is 11.9 Å². The van der Waals surface area contributed by atoms with E-state index >= 15 is 0 Å². The highest BCUT2D eigenvalue weighted by molar-refractivity contribution is 5.36. The Morgan fingerprint density at radius 2 is 2.18 bits per heavy atom. The second-order valence-corrected chi connectivity index (χ2v) is 4.97. The summed E-state index contributed by atoms with van der Waals surface area (Å²) < 4.78 is 5.66. The molecule has 94 valence electrons. The van der Waals surface area contributed by atoms with Crippen LogP contribution in [0.25, 0.3) is 0 Å². The number of nitrogens with zero attached hydrogens (tertiary/aromatic N) is 2. The molecule has 0 aliphatic carbocycles. The Morgan fingerprint density at radius 3 is 2.82 bits per heavy atom. The molecule has 1 aromatic rings. The van der Waals surface area contributed by atoms with E-state index in [1.165, 1.54) is 0 Å². The zero-order valence-electron chi connectivity index (χ0n) is 10.8. The third kappa shape index (κ3) is 3.16.